The third-order valence-corrected chi connectivity index (χ3v) is 2.55. The Morgan fingerprint density at radius 2 is 2.43 bits per heavy atom. The van der Waals surface area contributed by atoms with Gasteiger partial charge < -0.3 is 10.4 Å². The van der Waals surface area contributed by atoms with Gasteiger partial charge in [-0.3, -0.25) is 0 Å². The van der Waals surface area contributed by atoms with Gasteiger partial charge in [-0.2, -0.15) is 0 Å². The molecule has 1 atom stereocenters. The molecule has 0 bridgehead atoms. The minimum atomic E-state index is -0.541. The van der Waals surface area contributed by atoms with Crippen LogP contribution in [0.4, 0.5) is 5.69 Å². The van der Waals surface area contributed by atoms with Crippen molar-refractivity contribution in [1.82, 2.24) is 0 Å². The first kappa shape index (κ1) is 9.11. The zero-order valence-corrected chi connectivity index (χ0v) is 7.96. The van der Waals surface area contributed by atoms with Crippen molar-refractivity contribution in [2.75, 3.05) is 11.9 Å². The van der Waals surface area contributed by atoms with Crippen LogP contribution in [0.15, 0.2) is 18.2 Å². The van der Waals surface area contributed by atoms with Gasteiger partial charge in [0.15, 0.2) is 0 Å². The van der Waals surface area contributed by atoms with E-state index in [0.29, 0.717) is 6.42 Å². The third-order valence-electron chi connectivity index (χ3n) is 2.55. The molecule has 0 fully saturated rings. The van der Waals surface area contributed by atoms with E-state index in [1.807, 2.05) is 12.1 Å². The van der Waals surface area contributed by atoms with Crippen molar-refractivity contribution in [2.24, 2.45) is 0 Å². The molecule has 1 heterocycles. The van der Waals surface area contributed by atoms with Gasteiger partial charge in [-0.1, -0.05) is 18.2 Å². The molecule has 1 aromatic rings. The fraction of sp³-hybridized carbons (Fsp3) is 0.333. The maximum atomic E-state index is 9.80. The van der Waals surface area contributed by atoms with Crippen LogP contribution >= 0.6 is 0 Å². The standard InChI is InChI=1S/C12H13NO/c1-2-4-11(14)10-6-3-5-9-7-8-13-12(9)10/h1,3,5-6,11,13-14H,4,7-8H2. The number of aliphatic hydroxyl groups is 1. The number of fused-ring (bicyclic) bond motifs is 1. The molecule has 2 heteroatoms. The molecule has 2 N–H and O–H groups in total. The number of anilines is 1. The van der Waals surface area contributed by atoms with E-state index in [4.69, 9.17) is 6.42 Å². The quantitative estimate of drug-likeness (QED) is 0.691. The summed E-state index contributed by atoms with van der Waals surface area (Å²) in [6.45, 7) is 0.953. The number of nitrogens with one attached hydrogen (secondary N) is 1. The van der Waals surface area contributed by atoms with Gasteiger partial charge in [-0.05, 0) is 12.0 Å². The van der Waals surface area contributed by atoms with Crippen molar-refractivity contribution in [3.63, 3.8) is 0 Å². The van der Waals surface area contributed by atoms with Crippen LogP contribution in [-0.2, 0) is 6.42 Å². The van der Waals surface area contributed by atoms with Gasteiger partial charge >= 0.3 is 0 Å². The topological polar surface area (TPSA) is 32.3 Å². The second-order valence-electron chi connectivity index (χ2n) is 3.48. The largest absolute Gasteiger partial charge is 0.387 e. The zero-order valence-electron chi connectivity index (χ0n) is 7.96. The molecule has 2 rings (SSSR count). The molecule has 1 aliphatic rings. The van der Waals surface area contributed by atoms with Crippen LogP contribution in [0.5, 0.6) is 0 Å². The molecule has 1 aromatic carbocycles. The number of rotatable bonds is 2. The van der Waals surface area contributed by atoms with E-state index in [2.05, 4.69) is 17.3 Å². The van der Waals surface area contributed by atoms with Crippen LogP contribution < -0.4 is 5.32 Å². The summed E-state index contributed by atoms with van der Waals surface area (Å²) in [4.78, 5) is 0. The van der Waals surface area contributed by atoms with E-state index < -0.39 is 6.10 Å². The summed E-state index contributed by atoms with van der Waals surface area (Å²) in [5, 5.41) is 13.1. The minimum Gasteiger partial charge on any atom is -0.387 e. The lowest BCUT2D eigenvalue weighted by Gasteiger charge is -2.12. The lowest BCUT2D eigenvalue weighted by molar-refractivity contribution is 0.185. The van der Waals surface area contributed by atoms with E-state index >= 15 is 0 Å². The molecule has 0 radical (unpaired) electrons. The maximum absolute atomic E-state index is 9.80. The Balaban J connectivity index is 2.35. The van der Waals surface area contributed by atoms with Gasteiger partial charge in [-0.15, -0.1) is 12.3 Å². The van der Waals surface area contributed by atoms with Gasteiger partial charge in [0.05, 0.1) is 6.10 Å². The SMILES string of the molecule is C#CCC(O)c1cccc2c1NCC2. The Labute approximate surface area is 84.0 Å². The van der Waals surface area contributed by atoms with Crippen LogP contribution in [0, 0.1) is 12.3 Å². The summed E-state index contributed by atoms with van der Waals surface area (Å²) in [5.74, 6) is 2.48. The van der Waals surface area contributed by atoms with Crippen LogP contribution in [0.1, 0.15) is 23.7 Å². The number of benzene rings is 1. The monoisotopic (exact) mass is 187 g/mol. The zero-order chi connectivity index (χ0) is 9.97. The van der Waals surface area contributed by atoms with Gasteiger partial charge in [-0.25, -0.2) is 0 Å². The summed E-state index contributed by atoms with van der Waals surface area (Å²) >= 11 is 0. The molecule has 0 amide bonds. The van der Waals surface area contributed by atoms with Gasteiger partial charge in [0.25, 0.3) is 0 Å². The second kappa shape index (κ2) is 3.73. The van der Waals surface area contributed by atoms with E-state index in [0.717, 1.165) is 24.2 Å². The molecule has 0 aliphatic carbocycles. The number of hydrogen-bond donors (Lipinski definition) is 2. The van der Waals surface area contributed by atoms with E-state index in [-0.39, 0.29) is 0 Å². The molecule has 0 spiro atoms. The molecule has 1 unspecified atom stereocenters. The average molecular weight is 187 g/mol. The van der Waals surface area contributed by atoms with Crippen molar-refractivity contribution in [3.05, 3.63) is 29.3 Å². The summed E-state index contributed by atoms with van der Waals surface area (Å²) in [6.07, 6.45) is 6.05. The Morgan fingerprint density at radius 1 is 1.57 bits per heavy atom. The molecule has 0 aromatic heterocycles. The molecular formula is C12H13NO. The van der Waals surface area contributed by atoms with E-state index in [1.54, 1.807) is 0 Å². The summed E-state index contributed by atoms with van der Waals surface area (Å²) in [5.41, 5.74) is 3.28. The normalized spacial score (nSPS) is 15.4. The van der Waals surface area contributed by atoms with Crippen LogP contribution in [0.2, 0.25) is 0 Å². The number of terminal acetylenes is 1. The number of aliphatic hydroxyl groups excluding tert-OH is 1. The predicted octanol–water partition coefficient (Wildman–Crippen LogP) is 1.71. The van der Waals surface area contributed by atoms with Gasteiger partial charge in [0.1, 0.15) is 0 Å². The fourth-order valence-electron chi connectivity index (χ4n) is 1.87. The molecule has 0 saturated carbocycles. The number of para-hydroxylation sites is 1. The van der Waals surface area contributed by atoms with Crippen molar-refractivity contribution in [3.8, 4) is 12.3 Å². The highest BCUT2D eigenvalue weighted by Gasteiger charge is 2.17. The predicted molar refractivity (Wildman–Crippen MR) is 57.0 cm³/mol. The highest BCUT2D eigenvalue weighted by molar-refractivity contribution is 5.61. The van der Waals surface area contributed by atoms with E-state index in [9.17, 15) is 5.11 Å². The first-order chi connectivity index (χ1) is 6.83. The summed E-state index contributed by atoms with van der Waals surface area (Å²) < 4.78 is 0. The highest BCUT2D eigenvalue weighted by atomic mass is 16.3. The average Bonchev–Trinajstić information content (AvgIpc) is 2.65. The Kier molecular flexibility index (Phi) is 2.43. The van der Waals surface area contributed by atoms with Gasteiger partial charge in [0, 0.05) is 24.2 Å². The van der Waals surface area contributed by atoms with Crippen molar-refractivity contribution in [2.45, 2.75) is 18.9 Å². The minimum absolute atomic E-state index is 0.373. The molecular weight excluding hydrogens is 174 g/mol. The molecule has 2 nitrogen and oxygen atoms in total. The van der Waals surface area contributed by atoms with Crippen LogP contribution in [-0.4, -0.2) is 11.7 Å². The lowest BCUT2D eigenvalue weighted by Crippen LogP contribution is -2.01. The van der Waals surface area contributed by atoms with Crippen molar-refractivity contribution in [1.29, 1.82) is 0 Å². The number of hydrogen-bond acceptors (Lipinski definition) is 2. The Morgan fingerprint density at radius 3 is 3.21 bits per heavy atom. The van der Waals surface area contributed by atoms with Crippen molar-refractivity contribution >= 4 is 5.69 Å². The molecule has 72 valence electrons. The fourth-order valence-corrected chi connectivity index (χ4v) is 1.87. The first-order valence-electron chi connectivity index (χ1n) is 4.80. The molecule has 0 saturated heterocycles. The smallest absolute Gasteiger partial charge is 0.0919 e. The third kappa shape index (κ3) is 1.47. The highest BCUT2D eigenvalue weighted by Crippen LogP contribution is 2.31. The lowest BCUT2D eigenvalue weighted by atomic mass is 10.0. The first-order valence-corrected chi connectivity index (χ1v) is 4.80. The second-order valence-corrected chi connectivity index (χ2v) is 3.48. The van der Waals surface area contributed by atoms with E-state index in [1.165, 1.54) is 5.56 Å². The molecule has 14 heavy (non-hydrogen) atoms. The summed E-state index contributed by atoms with van der Waals surface area (Å²) in [7, 11) is 0. The Hall–Kier alpha value is -1.46. The molecule has 1 aliphatic heterocycles. The van der Waals surface area contributed by atoms with Crippen LogP contribution in [0.3, 0.4) is 0 Å². The maximum Gasteiger partial charge on any atom is 0.0919 e. The Bertz CT molecular complexity index is 378. The van der Waals surface area contributed by atoms with Crippen LogP contribution in [0.25, 0.3) is 0 Å². The van der Waals surface area contributed by atoms with Gasteiger partial charge in [0.2, 0.25) is 0 Å². The summed E-state index contributed by atoms with van der Waals surface area (Å²) in [6, 6.07) is 5.99. The van der Waals surface area contributed by atoms with Crippen molar-refractivity contribution < 1.29 is 5.11 Å².